The second kappa shape index (κ2) is 7.53. The van der Waals surface area contributed by atoms with Crippen LogP contribution in [0.15, 0.2) is 6.08 Å². The van der Waals surface area contributed by atoms with Crippen molar-refractivity contribution in [2.45, 2.75) is 0 Å². The maximum atomic E-state index is 10.3. The molecule has 0 N–H and O–H groups in total. The summed E-state index contributed by atoms with van der Waals surface area (Å²) in [5.74, 6) is -1.34. The molecule has 0 fully saturated rings. The number of ether oxygens (including phenoxy) is 2. The van der Waals surface area contributed by atoms with Crippen molar-refractivity contribution in [2.75, 3.05) is 14.2 Å². The summed E-state index contributed by atoms with van der Waals surface area (Å²) >= 11 is 0. The predicted octanol–water partition coefficient (Wildman–Crippen LogP) is -0.311. The first kappa shape index (κ1) is 13.0. The topological polar surface area (TPSA) is 52.6 Å². The largest absolute Gasteiger partial charge is 0.550 e. The van der Waals surface area contributed by atoms with Gasteiger partial charge in [-0.1, -0.05) is 0 Å². The number of carbonyl (C=O) groups is 2. The molecule has 0 aromatic heterocycles. The molecule has 5 heteroatoms. The molecule has 0 aliphatic rings. The first-order valence-corrected chi connectivity index (χ1v) is 2.46. The van der Waals surface area contributed by atoms with Crippen LogP contribution < -0.4 is 0 Å². The van der Waals surface area contributed by atoms with Crippen molar-refractivity contribution in [2.24, 2.45) is 0 Å². The molecule has 0 unspecified atom stereocenters. The maximum absolute atomic E-state index is 10.3. The van der Waals surface area contributed by atoms with Crippen LogP contribution in [-0.2, 0) is 41.4 Å². The second-order valence-electron chi connectivity index (χ2n) is 1.30. The zero-order valence-corrected chi connectivity index (χ0v) is 8.36. The molecule has 4 nitrogen and oxygen atoms in total. The molecule has 0 spiro atoms. The Hall–Kier alpha value is -0.580. The van der Waals surface area contributed by atoms with Crippen LogP contribution in [-0.4, -0.2) is 26.2 Å². The van der Waals surface area contributed by atoms with Gasteiger partial charge in [-0.05, 0) is 0 Å². The van der Waals surface area contributed by atoms with Crippen LogP contribution in [0.5, 0.6) is 0 Å². The number of methoxy groups -OCH3 is 2. The zero-order chi connectivity index (χ0) is 7.98. The van der Waals surface area contributed by atoms with Crippen LogP contribution >= 0.6 is 0 Å². The molecular weight excluding hydrogens is 229 g/mol. The van der Waals surface area contributed by atoms with Crippen molar-refractivity contribution in [3.05, 3.63) is 12.2 Å². The zero-order valence-electron chi connectivity index (χ0n) is 6.16. The van der Waals surface area contributed by atoms with Crippen LogP contribution in [0.4, 0.5) is 0 Å². The van der Waals surface area contributed by atoms with Crippen LogP contribution in [0.2, 0.25) is 0 Å². The van der Waals surface area contributed by atoms with Crippen molar-refractivity contribution < 1.29 is 41.4 Å². The Morgan fingerprint density at radius 2 is 1.82 bits per heavy atom. The summed E-state index contributed by atoms with van der Waals surface area (Å²) in [6, 6.07) is 0. The molecule has 0 bridgehead atoms. The van der Waals surface area contributed by atoms with E-state index in [1.165, 1.54) is 14.2 Å². The third-order valence-electron chi connectivity index (χ3n) is 0.694. The van der Waals surface area contributed by atoms with Gasteiger partial charge in [-0.25, -0.2) is 0 Å². The summed E-state index contributed by atoms with van der Waals surface area (Å²) in [7, 11) is 2.40. The molecule has 0 saturated heterocycles. The minimum absolute atomic E-state index is 0. The van der Waals surface area contributed by atoms with E-state index in [-0.39, 0.29) is 22.4 Å². The van der Waals surface area contributed by atoms with E-state index in [4.69, 9.17) is 0 Å². The van der Waals surface area contributed by atoms with E-state index < -0.39 is 11.9 Å². The Labute approximate surface area is 80.1 Å². The first-order chi connectivity index (χ1) is 4.70. The second-order valence-corrected chi connectivity index (χ2v) is 1.30. The monoisotopic (exact) mass is 236 g/mol. The van der Waals surface area contributed by atoms with Gasteiger partial charge in [0.1, 0.15) is 0 Å². The first-order valence-electron chi connectivity index (χ1n) is 2.46. The van der Waals surface area contributed by atoms with E-state index in [0.29, 0.717) is 0 Å². The summed E-state index contributed by atoms with van der Waals surface area (Å²) in [6.45, 7) is 0. The van der Waals surface area contributed by atoms with Crippen molar-refractivity contribution in [1.29, 1.82) is 0 Å². The molecule has 0 heterocycles. The Bertz CT molecular complexity index is 146. The number of hydrogen-bond donors (Lipinski definition) is 0. The summed E-state index contributed by atoms with van der Waals surface area (Å²) < 4.78 is 8.34. The van der Waals surface area contributed by atoms with Crippen LogP contribution in [0.3, 0.4) is 0 Å². The number of rotatable bonds is 2. The van der Waals surface area contributed by atoms with E-state index in [2.05, 4.69) is 9.47 Å². The molecule has 0 aromatic carbocycles. The molecule has 0 aliphatic heterocycles. The van der Waals surface area contributed by atoms with Gasteiger partial charge in [0, 0.05) is 22.4 Å². The Balaban J connectivity index is 0. The van der Waals surface area contributed by atoms with Crippen molar-refractivity contribution >= 4 is 11.9 Å². The fourth-order valence-corrected chi connectivity index (χ4v) is 0.236. The van der Waals surface area contributed by atoms with Crippen LogP contribution in [0.1, 0.15) is 0 Å². The predicted molar refractivity (Wildman–Crippen MR) is 31.8 cm³/mol. The summed E-state index contributed by atoms with van der Waals surface area (Å²) in [4.78, 5) is 20.5. The molecule has 0 aromatic rings. The smallest absolute Gasteiger partial charge is 0.237 e. The van der Waals surface area contributed by atoms with Gasteiger partial charge in [-0.2, -0.15) is 6.08 Å². The maximum Gasteiger partial charge on any atom is 0.237 e. The average Bonchev–Trinajstić information content (AvgIpc) is 1.99. The van der Waals surface area contributed by atoms with E-state index >= 15 is 0 Å². The van der Waals surface area contributed by atoms with E-state index in [1.807, 2.05) is 6.08 Å². The van der Waals surface area contributed by atoms with E-state index in [1.54, 1.807) is 0 Å². The fraction of sp³-hybridized carbons (Fsp3) is 0.333. The Kier molecular flexibility index (Phi) is 8.92. The van der Waals surface area contributed by atoms with Gasteiger partial charge < -0.3 is 14.3 Å². The molecule has 1 radical (unpaired) electrons. The third kappa shape index (κ3) is 7.32. The quantitative estimate of drug-likeness (QED) is 0.285. The Morgan fingerprint density at radius 3 is 2.18 bits per heavy atom. The number of carbonyl (C=O) groups excluding carboxylic acids is 2. The van der Waals surface area contributed by atoms with Gasteiger partial charge in [0.15, 0.2) is 5.97 Å². The number of hydrogen-bond acceptors (Lipinski definition) is 4. The summed E-state index contributed by atoms with van der Waals surface area (Å²) in [5, 5.41) is 0. The molecule has 0 saturated carbocycles. The average molecular weight is 236 g/mol. The Morgan fingerprint density at radius 1 is 1.27 bits per heavy atom. The normalized spacial score (nSPS) is 8.55. The molecule has 0 rings (SSSR count). The molecule has 0 atom stereocenters. The van der Waals surface area contributed by atoms with Gasteiger partial charge in [0.25, 0.3) is 0 Å². The van der Waals surface area contributed by atoms with Gasteiger partial charge in [-0.3, -0.25) is 4.79 Å². The summed E-state index contributed by atoms with van der Waals surface area (Å²) in [6.07, 6.45) is 2.89. The van der Waals surface area contributed by atoms with Crippen LogP contribution in [0, 0.1) is 6.08 Å². The molecule has 61 valence electrons. The SMILES string of the molecule is COC(=O)[C-]=CC(=O)OC.[Nb]. The third-order valence-corrected chi connectivity index (χ3v) is 0.694. The van der Waals surface area contributed by atoms with Crippen molar-refractivity contribution in [3.63, 3.8) is 0 Å². The molecule has 0 amide bonds. The van der Waals surface area contributed by atoms with E-state index in [9.17, 15) is 9.59 Å². The van der Waals surface area contributed by atoms with Gasteiger partial charge in [-0.15, -0.1) is 6.08 Å². The van der Waals surface area contributed by atoms with Crippen molar-refractivity contribution in [3.8, 4) is 0 Å². The minimum Gasteiger partial charge on any atom is -0.550 e. The van der Waals surface area contributed by atoms with Crippen molar-refractivity contribution in [1.82, 2.24) is 0 Å². The van der Waals surface area contributed by atoms with Gasteiger partial charge >= 0.3 is 0 Å². The number of esters is 2. The minimum atomic E-state index is -0.703. The van der Waals surface area contributed by atoms with E-state index in [0.717, 1.165) is 6.08 Å². The van der Waals surface area contributed by atoms with Gasteiger partial charge in [0.05, 0.1) is 14.2 Å². The van der Waals surface area contributed by atoms with Gasteiger partial charge in [0.2, 0.25) is 5.97 Å². The molecular formula is C6H7NbO4-. The van der Waals surface area contributed by atoms with Crippen LogP contribution in [0.25, 0.3) is 0 Å². The molecule has 0 aliphatic carbocycles. The fourth-order valence-electron chi connectivity index (χ4n) is 0.236. The standard InChI is InChI=1S/C6H7O4.Nb/c1-9-5(7)3-4-6(8)10-2;/h3H,1-2H3;/q-1;. The summed E-state index contributed by atoms with van der Waals surface area (Å²) in [5.41, 5.74) is 0. The molecule has 11 heavy (non-hydrogen) atoms.